The molecule has 222 valence electrons. The summed E-state index contributed by atoms with van der Waals surface area (Å²) >= 11 is 1.28. The summed E-state index contributed by atoms with van der Waals surface area (Å²) in [5, 5.41) is 20.2. The summed E-state index contributed by atoms with van der Waals surface area (Å²) < 4.78 is 4.84. The van der Waals surface area contributed by atoms with Gasteiger partial charge in [0.15, 0.2) is 0 Å². The lowest BCUT2D eigenvalue weighted by Gasteiger charge is -2.18. The number of ether oxygens (including phenoxy) is 1. The monoisotopic (exact) mass is 593 g/mol. The summed E-state index contributed by atoms with van der Waals surface area (Å²) in [6.45, 7) is 5.55. The van der Waals surface area contributed by atoms with Crippen molar-refractivity contribution in [3.05, 3.63) is 81.2 Å². The van der Waals surface area contributed by atoms with Crippen LogP contribution in [0, 0.1) is 13.8 Å². The topological polar surface area (TPSA) is 181 Å². The molecule has 0 fully saturated rings. The smallest absolute Gasteiger partial charge is 0.330 e. The summed E-state index contributed by atoms with van der Waals surface area (Å²) in [5.74, 6) is -1.21. The number of hydrogen-bond acceptors (Lipinski definition) is 11. The highest BCUT2D eigenvalue weighted by molar-refractivity contribution is 7.11. The lowest BCUT2D eigenvalue weighted by Crippen LogP contribution is -2.49. The number of nitrogens with zero attached hydrogens (tertiary/aromatic N) is 3. The maximum absolute atomic E-state index is 13.2. The van der Waals surface area contributed by atoms with Crippen LogP contribution in [-0.4, -0.2) is 64.1 Å². The van der Waals surface area contributed by atoms with E-state index in [0.717, 1.165) is 24.0 Å². The molecular formula is C29H35N7O5S. The van der Waals surface area contributed by atoms with Gasteiger partial charge in [0, 0.05) is 24.0 Å². The molecule has 3 aromatic rings. The number of esters is 1. The number of phenolic OH excluding ortho intramolecular Hbond substituents is 1. The van der Waals surface area contributed by atoms with Crippen LogP contribution in [0.5, 0.6) is 5.75 Å². The Labute approximate surface area is 248 Å². The summed E-state index contributed by atoms with van der Waals surface area (Å²) in [6, 6.07) is 5.94. The first-order chi connectivity index (χ1) is 20.2. The molecule has 3 rings (SSSR count). The maximum atomic E-state index is 13.2. The zero-order valence-corrected chi connectivity index (χ0v) is 24.7. The summed E-state index contributed by atoms with van der Waals surface area (Å²) in [4.78, 5) is 51.5. The third-order valence-electron chi connectivity index (χ3n) is 6.16. The first-order valence-corrected chi connectivity index (χ1v) is 14.1. The molecule has 2 aromatic heterocycles. The molecule has 13 heteroatoms. The molecule has 0 spiro atoms. The maximum Gasteiger partial charge on any atom is 0.330 e. The Morgan fingerprint density at radius 3 is 2.52 bits per heavy atom. The van der Waals surface area contributed by atoms with Gasteiger partial charge in [-0.3, -0.25) is 9.59 Å². The molecule has 2 amide bonds. The Morgan fingerprint density at radius 2 is 1.88 bits per heavy atom. The number of methoxy groups -OCH3 is 1. The molecular weight excluding hydrogens is 558 g/mol. The van der Waals surface area contributed by atoms with Gasteiger partial charge in [-0.15, -0.1) is 11.3 Å². The molecule has 12 nitrogen and oxygen atoms in total. The van der Waals surface area contributed by atoms with Gasteiger partial charge in [0.05, 0.1) is 24.1 Å². The molecule has 0 aliphatic heterocycles. The number of nitrogens with one attached hydrogen (secondary N) is 3. The van der Waals surface area contributed by atoms with E-state index >= 15 is 0 Å². The predicted octanol–water partition coefficient (Wildman–Crippen LogP) is 2.88. The number of carbonyl (C=O) groups is 3. The lowest BCUT2D eigenvalue weighted by atomic mass is 10.1. The molecule has 1 atom stereocenters. The molecule has 0 bridgehead atoms. The van der Waals surface area contributed by atoms with Crippen molar-refractivity contribution >= 4 is 40.6 Å². The van der Waals surface area contributed by atoms with Crippen LogP contribution in [0.4, 0.5) is 5.95 Å². The molecule has 0 saturated heterocycles. The Balaban J connectivity index is 1.61. The van der Waals surface area contributed by atoms with E-state index in [1.165, 1.54) is 24.6 Å². The second-order valence-corrected chi connectivity index (χ2v) is 10.1. The van der Waals surface area contributed by atoms with E-state index in [9.17, 15) is 19.5 Å². The van der Waals surface area contributed by atoms with Gasteiger partial charge in [-0.05, 0) is 63.6 Å². The minimum absolute atomic E-state index is 0.166. The molecule has 0 radical (unpaired) electrons. The van der Waals surface area contributed by atoms with Crippen LogP contribution in [0.25, 0.3) is 5.57 Å². The fraction of sp³-hybridized carbons (Fsp3) is 0.310. The summed E-state index contributed by atoms with van der Waals surface area (Å²) in [7, 11) is 1.19. The molecule has 0 aliphatic rings. The van der Waals surface area contributed by atoms with Crippen LogP contribution < -0.4 is 21.7 Å². The molecule has 0 aliphatic carbocycles. The fourth-order valence-corrected chi connectivity index (χ4v) is 4.94. The van der Waals surface area contributed by atoms with E-state index in [1.54, 1.807) is 43.5 Å². The van der Waals surface area contributed by atoms with Gasteiger partial charge in [0.2, 0.25) is 5.95 Å². The zero-order valence-electron chi connectivity index (χ0n) is 23.9. The molecule has 0 saturated carbocycles. The van der Waals surface area contributed by atoms with E-state index in [4.69, 9.17) is 10.5 Å². The number of benzene rings is 1. The third-order valence-corrected chi connectivity index (χ3v) is 7.05. The van der Waals surface area contributed by atoms with Crippen LogP contribution in [0.3, 0.4) is 0 Å². The Bertz CT molecular complexity index is 1460. The highest BCUT2D eigenvalue weighted by Crippen LogP contribution is 2.20. The molecule has 0 unspecified atom stereocenters. The van der Waals surface area contributed by atoms with Gasteiger partial charge in [-0.1, -0.05) is 18.2 Å². The highest BCUT2D eigenvalue weighted by Gasteiger charge is 2.26. The number of anilines is 1. The minimum atomic E-state index is -1.16. The fourth-order valence-electron chi connectivity index (χ4n) is 4.09. The van der Waals surface area contributed by atoms with Crippen LogP contribution in [-0.2, 0) is 16.0 Å². The average molecular weight is 594 g/mol. The number of aryl methyl sites for hydroxylation is 3. The number of allylic oxidation sites excluding steroid dienone is 3. The minimum Gasteiger partial charge on any atom is -0.508 e. The average Bonchev–Trinajstić information content (AvgIpc) is 3.45. The standard InChI is InChI=1S/C29H35N7O5S/c1-5-20(11-12-30)27-36-23(16-42-27)25(38)32-15-22(28(40)41-4)35-26(39)24-17(2)33-29(34-18(24)3)31-13-7-9-19-8-6-10-21(37)14-19/h5-6,8,10-12,14,16,22,37H,7,9,13,15,30H2,1-4H3,(H,32,38)(H,35,39)(H,31,33,34)/b12-11-,20-5+/t22-/m0/s1. The van der Waals surface area contributed by atoms with Gasteiger partial charge in [0.25, 0.3) is 11.8 Å². The zero-order chi connectivity index (χ0) is 30.6. The van der Waals surface area contributed by atoms with E-state index in [2.05, 4.69) is 30.9 Å². The van der Waals surface area contributed by atoms with Crippen LogP contribution in [0.1, 0.15) is 56.1 Å². The second kappa shape index (κ2) is 15.3. The van der Waals surface area contributed by atoms with Gasteiger partial charge in [-0.2, -0.15) is 0 Å². The summed E-state index contributed by atoms with van der Waals surface area (Å²) in [6.07, 6.45) is 6.43. The Hall–Kier alpha value is -4.78. The quantitative estimate of drug-likeness (QED) is 0.112. The van der Waals surface area contributed by atoms with Crippen LogP contribution in [0.15, 0.2) is 48.0 Å². The lowest BCUT2D eigenvalue weighted by molar-refractivity contribution is -0.142. The third kappa shape index (κ3) is 8.61. The van der Waals surface area contributed by atoms with E-state index < -0.39 is 23.8 Å². The van der Waals surface area contributed by atoms with Crippen molar-refractivity contribution in [3.8, 4) is 5.75 Å². The number of hydrogen-bond donors (Lipinski definition) is 5. The number of nitrogens with two attached hydrogens (primary N) is 1. The van der Waals surface area contributed by atoms with E-state index in [-0.39, 0.29) is 23.6 Å². The number of rotatable bonds is 13. The number of thiazole rings is 1. The van der Waals surface area contributed by atoms with Crippen molar-refractivity contribution in [3.63, 3.8) is 0 Å². The molecule has 6 N–H and O–H groups in total. The molecule has 2 heterocycles. The van der Waals surface area contributed by atoms with E-state index in [1.807, 2.05) is 19.1 Å². The van der Waals surface area contributed by atoms with E-state index in [0.29, 0.717) is 28.9 Å². The number of aromatic nitrogens is 3. The highest BCUT2D eigenvalue weighted by atomic mass is 32.1. The number of aromatic hydroxyl groups is 1. The number of amides is 2. The van der Waals surface area contributed by atoms with Crippen molar-refractivity contribution in [2.75, 3.05) is 25.5 Å². The van der Waals surface area contributed by atoms with Crippen LogP contribution in [0.2, 0.25) is 0 Å². The van der Waals surface area contributed by atoms with Gasteiger partial charge >= 0.3 is 5.97 Å². The first kappa shape index (κ1) is 31.7. The largest absolute Gasteiger partial charge is 0.508 e. The van der Waals surface area contributed by atoms with Gasteiger partial charge < -0.3 is 31.5 Å². The molecule has 42 heavy (non-hydrogen) atoms. The number of carbonyl (C=O) groups excluding carboxylic acids is 3. The van der Waals surface area contributed by atoms with Crippen molar-refractivity contribution in [1.29, 1.82) is 0 Å². The van der Waals surface area contributed by atoms with Crippen molar-refractivity contribution in [1.82, 2.24) is 25.6 Å². The molecule has 1 aromatic carbocycles. The van der Waals surface area contributed by atoms with Crippen molar-refractivity contribution in [2.24, 2.45) is 5.73 Å². The van der Waals surface area contributed by atoms with Gasteiger partial charge in [-0.25, -0.2) is 19.7 Å². The SMILES string of the molecule is C/C=C(\C=C/N)c1nc(C(=O)NC[C@H](NC(=O)c2c(C)nc(NCCCc3cccc(O)c3)nc2C)C(=O)OC)cs1. The number of phenols is 1. The summed E-state index contributed by atoms with van der Waals surface area (Å²) in [5.41, 5.74) is 8.48. The predicted molar refractivity (Wildman–Crippen MR) is 161 cm³/mol. The second-order valence-electron chi connectivity index (χ2n) is 9.19. The van der Waals surface area contributed by atoms with Gasteiger partial charge in [0.1, 0.15) is 22.5 Å². The van der Waals surface area contributed by atoms with Crippen LogP contribution >= 0.6 is 11.3 Å². The Morgan fingerprint density at radius 1 is 1.14 bits per heavy atom. The van der Waals surface area contributed by atoms with Crippen molar-refractivity contribution in [2.45, 2.75) is 39.7 Å². The van der Waals surface area contributed by atoms with Crippen molar-refractivity contribution < 1.29 is 24.2 Å². The normalized spacial score (nSPS) is 12.1. The Kier molecular flexibility index (Phi) is 11.6. The first-order valence-electron chi connectivity index (χ1n) is 13.2.